The van der Waals surface area contributed by atoms with E-state index in [9.17, 15) is 9.90 Å². The number of nitrogens with one attached hydrogen (secondary N) is 1. The van der Waals surface area contributed by atoms with E-state index < -0.39 is 0 Å². The molecule has 4 heteroatoms. The van der Waals surface area contributed by atoms with Gasteiger partial charge in [0.05, 0.1) is 5.41 Å². The SMILES string of the molecule is NCC1(C(=O)NCC2CCCC2CO)CCCCC1. The Bertz CT molecular complexity index is 301. The first kappa shape index (κ1) is 14.8. The minimum absolute atomic E-state index is 0.151. The molecule has 0 radical (unpaired) electrons. The summed E-state index contributed by atoms with van der Waals surface area (Å²) in [7, 11) is 0. The van der Waals surface area contributed by atoms with Crippen LogP contribution in [0.2, 0.25) is 0 Å². The third-order valence-corrected chi connectivity index (χ3v) is 5.26. The second kappa shape index (κ2) is 6.71. The van der Waals surface area contributed by atoms with Crippen molar-refractivity contribution in [3.63, 3.8) is 0 Å². The Kier molecular flexibility index (Phi) is 5.22. The molecule has 4 nitrogen and oxygen atoms in total. The molecule has 2 rings (SSSR count). The first-order valence-electron chi connectivity index (χ1n) is 7.81. The molecule has 2 fully saturated rings. The summed E-state index contributed by atoms with van der Waals surface area (Å²) < 4.78 is 0. The Hall–Kier alpha value is -0.610. The number of carbonyl (C=O) groups excluding carboxylic acids is 1. The van der Waals surface area contributed by atoms with Crippen LogP contribution in [0.5, 0.6) is 0 Å². The first-order valence-corrected chi connectivity index (χ1v) is 7.81. The highest BCUT2D eigenvalue weighted by molar-refractivity contribution is 5.83. The Balaban J connectivity index is 1.85. The van der Waals surface area contributed by atoms with Crippen molar-refractivity contribution in [2.24, 2.45) is 23.0 Å². The van der Waals surface area contributed by atoms with Crippen LogP contribution in [0.25, 0.3) is 0 Å². The molecule has 0 spiro atoms. The molecule has 2 aliphatic rings. The summed E-state index contributed by atoms with van der Waals surface area (Å²) in [5.74, 6) is 0.978. The van der Waals surface area contributed by atoms with E-state index in [1.165, 1.54) is 12.8 Å². The van der Waals surface area contributed by atoms with Gasteiger partial charge in [-0.1, -0.05) is 25.7 Å². The Labute approximate surface area is 116 Å². The molecular weight excluding hydrogens is 240 g/mol. The molecule has 0 aliphatic heterocycles. The second-order valence-corrected chi connectivity index (χ2v) is 6.39. The largest absolute Gasteiger partial charge is 0.396 e. The predicted octanol–water partition coefficient (Wildman–Crippen LogP) is 1.42. The lowest BCUT2D eigenvalue weighted by Gasteiger charge is -2.35. The summed E-state index contributed by atoms with van der Waals surface area (Å²) in [6.07, 6.45) is 8.73. The van der Waals surface area contributed by atoms with Crippen LogP contribution in [0.1, 0.15) is 51.4 Å². The van der Waals surface area contributed by atoms with Gasteiger partial charge in [-0.15, -0.1) is 0 Å². The lowest BCUT2D eigenvalue weighted by Crippen LogP contribution is -2.48. The van der Waals surface area contributed by atoms with Gasteiger partial charge in [0.15, 0.2) is 0 Å². The molecule has 4 N–H and O–H groups in total. The molecule has 2 unspecified atom stereocenters. The average Bonchev–Trinajstić information content (AvgIpc) is 2.92. The normalized spacial score (nSPS) is 30.2. The highest BCUT2D eigenvalue weighted by atomic mass is 16.3. The third kappa shape index (κ3) is 3.29. The molecule has 110 valence electrons. The van der Waals surface area contributed by atoms with Crippen LogP contribution in [0.3, 0.4) is 0 Å². The van der Waals surface area contributed by atoms with Crippen molar-refractivity contribution in [2.45, 2.75) is 51.4 Å². The van der Waals surface area contributed by atoms with Crippen molar-refractivity contribution in [3.05, 3.63) is 0 Å². The van der Waals surface area contributed by atoms with Crippen molar-refractivity contribution in [3.8, 4) is 0 Å². The van der Waals surface area contributed by atoms with Crippen molar-refractivity contribution in [2.75, 3.05) is 19.7 Å². The van der Waals surface area contributed by atoms with Gasteiger partial charge in [0.1, 0.15) is 0 Å². The van der Waals surface area contributed by atoms with Crippen LogP contribution in [0.4, 0.5) is 0 Å². The molecule has 0 aromatic heterocycles. The predicted molar refractivity (Wildman–Crippen MR) is 75.5 cm³/mol. The molecule has 19 heavy (non-hydrogen) atoms. The lowest BCUT2D eigenvalue weighted by molar-refractivity contribution is -0.132. The van der Waals surface area contributed by atoms with Gasteiger partial charge < -0.3 is 16.2 Å². The zero-order chi connectivity index (χ0) is 13.7. The van der Waals surface area contributed by atoms with Crippen LogP contribution in [0, 0.1) is 17.3 Å². The Morgan fingerprint density at radius 1 is 1.16 bits per heavy atom. The van der Waals surface area contributed by atoms with Crippen LogP contribution >= 0.6 is 0 Å². The molecule has 0 aromatic carbocycles. The third-order valence-electron chi connectivity index (χ3n) is 5.26. The number of aliphatic hydroxyl groups excluding tert-OH is 1. The minimum atomic E-state index is -0.314. The molecular formula is C15H28N2O2. The Morgan fingerprint density at radius 3 is 2.47 bits per heavy atom. The van der Waals surface area contributed by atoms with Gasteiger partial charge in [0.25, 0.3) is 0 Å². The highest BCUT2D eigenvalue weighted by Crippen LogP contribution is 2.36. The van der Waals surface area contributed by atoms with Crippen molar-refractivity contribution < 1.29 is 9.90 Å². The van der Waals surface area contributed by atoms with Crippen LogP contribution in [-0.2, 0) is 4.79 Å². The summed E-state index contributed by atoms with van der Waals surface area (Å²) >= 11 is 0. The molecule has 0 heterocycles. The van der Waals surface area contributed by atoms with Gasteiger partial charge in [-0.05, 0) is 37.5 Å². The van der Waals surface area contributed by atoms with Crippen LogP contribution in [0.15, 0.2) is 0 Å². The lowest BCUT2D eigenvalue weighted by atomic mass is 9.73. The highest BCUT2D eigenvalue weighted by Gasteiger charge is 2.38. The van der Waals surface area contributed by atoms with Gasteiger partial charge in [-0.25, -0.2) is 0 Å². The van der Waals surface area contributed by atoms with E-state index in [0.29, 0.717) is 24.9 Å². The van der Waals surface area contributed by atoms with E-state index in [1.807, 2.05) is 0 Å². The van der Waals surface area contributed by atoms with Gasteiger partial charge >= 0.3 is 0 Å². The van der Waals surface area contributed by atoms with E-state index in [-0.39, 0.29) is 17.9 Å². The zero-order valence-corrected chi connectivity index (χ0v) is 11.9. The maximum atomic E-state index is 12.4. The summed E-state index contributed by atoms with van der Waals surface area (Å²) in [5.41, 5.74) is 5.56. The summed E-state index contributed by atoms with van der Waals surface area (Å²) in [4.78, 5) is 12.4. The number of rotatable bonds is 5. The van der Waals surface area contributed by atoms with Crippen molar-refractivity contribution >= 4 is 5.91 Å². The maximum Gasteiger partial charge on any atom is 0.227 e. The fraction of sp³-hybridized carbons (Fsp3) is 0.933. The van der Waals surface area contributed by atoms with E-state index in [0.717, 1.165) is 38.5 Å². The first-order chi connectivity index (χ1) is 9.22. The molecule has 1 amide bonds. The fourth-order valence-electron chi connectivity index (χ4n) is 3.79. The number of amides is 1. The number of hydrogen-bond donors (Lipinski definition) is 3. The Morgan fingerprint density at radius 2 is 1.84 bits per heavy atom. The van der Waals surface area contributed by atoms with E-state index >= 15 is 0 Å². The van der Waals surface area contributed by atoms with Crippen molar-refractivity contribution in [1.82, 2.24) is 5.32 Å². The molecule has 0 saturated heterocycles. The van der Waals surface area contributed by atoms with E-state index in [4.69, 9.17) is 5.73 Å². The summed E-state index contributed by atoms with van der Waals surface area (Å²) in [6, 6.07) is 0. The van der Waals surface area contributed by atoms with Gasteiger partial charge in [0.2, 0.25) is 5.91 Å². The maximum absolute atomic E-state index is 12.4. The van der Waals surface area contributed by atoms with E-state index in [2.05, 4.69) is 5.32 Å². The standard InChI is InChI=1S/C15H28N2O2/c16-11-15(7-2-1-3-8-15)14(19)17-9-12-5-4-6-13(12)10-18/h12-13,18H,1-11,16H2,(H,17,19). The van der Waals surface area contributed by atoms with E-state index in [1.54, 1.807) is 0 Å². The van der Waals surface area contributed by atoms with Gasteiger partial charge in [-0.3, -0.25) is 4.79 Å². The topological polar surface area (TPSA) is 75.4 Å². The van der Waals surface area contributed by atoms with Gasteiger partial charge in [0, 0.05) is 19.7 Å². The smallest absolute Gasteiger partial charge is 0.227 e. The molecule has 0 aromatic rings. The average molecular weight is 268 g/mol. The number of aliphatic hydroxyl groups is 1. The van der Waals surface area contributed by atoms with Gasteiger partial charge in [-0.2, -0.15) is 0 Å². The summed E-state index contributed by atoms with van der Waals surface area (Å²) in [6.45, 7) is 1.43. The fourth-order valence-corrected chi connectivity index (χ4v) is 3.79. The number of hydrogen-bond acceptors (Lipinski definition) is 3. The van der Waals surface area contributed by atoms with Crippen LogP contribution in [-0.4, -0.2) is 30.7 Å². The minimum Gasteiger partial charge on any atom is -0.396 e. The molecule has 2 atom stereocenters. The zero-order valence-electron chi connectivity index (χ0n) is 11.9. The monoisotopic (exact) mass is 268 g/mol. The number of carbonyl (C=O) groups is 1. The molecule has 0 bridgehead atoms. The molecule has 2 saturated carbocycles. The molecule has 2 aliphatic carbocycles. The quantitative estimate of drug-likeness (QED) is 0.706. The number of nitrogens with two attached hydrogens (primary N) is 1. The van der Waals surface area contributed by atoms with Crippen LogP contribution < -0.4 is 11.1 Å². The van der Waals surface area contributed by atoms with Crippen molar-refractivity contribution in [1.29, 1.82) is 0 Å². The summed E-state index contributed by atoms with van der Waals surface area (Å²) in [5, 5.41) is 12.4. The second-order valence-electron chi connectivity index (χ2n) is 6.39.